The van der Waals surface area contributed by atoms with Gasteiger partial charge in [-0.25, -0.2) is 4.98 Å². The van der Waals surface area contributed by atoms with Crippen molar-refractivity contribution in [1.29, 1.82) is 0 Å². The van der Waals surface area contributed by atoms with E-state index in [1.807, 2.05) is 13.0 Å². The molecule has 0 saturated heterocycles. The minimum atomic E-state index is -0.139. The Morgan fingerprint density at radius 1 is 1.16 bits per heavy atom. The molecule has 5 heteroatoms. The van der Waals surface area contributed by atoms with E-state index in [1.165, 1.54) is 0 Å². The molecule has 2 rings (SSSR count). The number of rotatable bonds is 3. The van der Waals surface area contributed by atoms with Crippen LogP contribution in [0.25, 0.3) is 11.4 Å². The van der Waals surface area contributed by atoms with Crippen LogP contribution in [0.1, 0.15) is 11.3 Å². The molecule has 0 spiro atoms. The normalized spacial score (nSPS) is 10.3. The van der Waals surface area contributed by atoms with Gasteiger partial charge in [-0.1, -0.05) is 0 Å². The molecule has 0 saturated carbocycles. The Balaban J connectivity index is 2.62. The molecular formula is C14H16N2O3. The van der Waals surface area contributed by atoms with E-state index in [9.17, 15) is 4.79 Å². The van der Waals surface area contributed by atoms with Gasteiger partial charge >= 0.3 is 0 Å². The number of H-pyrrole nitrogens is 1. The smallest absolute Gasteiger partial charge is 0.254 e. The van der Waals surface area contributed by atoms with Crippen LogP contribution in [-0.4, -0.2) is 24.2 Å². The van der Waals surface area contributed by atoms with Crippen LogP contribution >= 0.6 is 0 Å². The van der Waals surface area contributed by atoms with Crippen LogP contribution in [-0.2, 0) is 0 Å². The van der Waals surface area contributed by atoms with E-state index in [1.54, 1.807) is 33.3 Å². The van der Waals surface area contributed by atoms with Crippen molar-refractivity contribution in [1.82, 2.24) is 9.97 Å². The molecule has 1 heterocycles. The molecule has 5 nitrogen and oxygen atoms in total. The summed E-state index contributed by atoms with van der Waals surface area (Å²) in [4.78, 5) is 18.9. The van der Waals surface area contributed by atoms with Gasteiger partial charge in [0.25, 0.3) is 5.56 Å². The topological polar surface area (TPSA) is 64.2 Å². The average molecular weight is 260 g/mol. The third kappa shape index (κ3) is 2.45. The molecule has 100 valence electrons. The van der Waals surface area contributed by atoms with Crippen molar-refractivity contribution in [3.05, 3.63) is 39.8 Å². The minimum absolute atomic E-state index is 0.139. The van der Waals surface area contributed by atoms with Gasteiger partial charge in [-0.15, -0.1) is 0 Å². The van der Waals surface area contributed by atoms with Crippen LogP contribution in [0.3, 0.4) is 0 Å². The molecule has 0 aliphatic rings. The van der Waals surface area contributed by atoms with Crippen LogP contribution < -0.4 is 15.0 Å². The van der Waals surface area contributed by atoms with Crippen molar-refractivity contribution in [3.8, 4) is 22.9 Å². The molecule has 1 aromatic carbocycles. The average Bonchev–Trinajstić information content (AvgIpc) is 2.43. The van der Waals surface area contributed by atoms with Crippen LogP contribution in [0.4, 0.5) is 0 Å². The summed E-state index contributed by atoms with van der Waals surface area (Å²) >= 11 is 0. The van der Waals surface area contributed by atoms with E-state index in [4.69, 9.17) is 9.47 Å². The summed E-state index contributed by atoms with van der Waals surface area (Å²) in [6, 6.07) is 5.36. The first-order valence-corrected chi connectivity index (χ1v) is 5.86. The standard InChI is InChI=1S/C14H16N2O3/c1-8-9(2)15-13(16-14(8)17)11-6-5-10(18-3)7-12(11)19-4/h5-7H,1-4H3,(H,15,16,17). The Morgan fingerprint density at radius 3 is 2.47 bits per heavy atom. The second-order valence-corrected chi connectivity index (χ2v) is 4.19. The SMILES string of the molecule is COc1ccc(-c2nc(C)c(C)c(=O)[nH]2)c(OC)c1. The maximum absolute atomic E-state index is 11.8. The fourth-order valence-electron chi connectivity index (χ4n) is 1.77. The van der Waals surface area contributed by atoms with Crippen molar-refractivity contribution in [2.75, 3.05) is 14.2 Å². The first-order valence-electron chi connectivity index (χ1n) is 5.86. The van der Waals surface area contributed by atoms with Gasteiger partial charge in [0.15, 0.2) is 0 Å². The Bertz CT molecular complexity index is 662. The highest BCUT2D eigenvalue weighted by molar-refractivity contribution is 5.65. The zero-order valence-corrected chi connectivity index (χ0v) is 11.4. The summed E-state index contributed by atoms with van der Waals surface area (Å²) in [5, 5.41) is 0. The van der Waals surface area contributed by atoms with E-state index in [2.05, 4.69) is 9.97 Å². The Labute approximate surface area is 111 Å². The highest BCUT2D eigenvalue weighted by Gasteiger charge is 2.11. The number of ether oxygens (including phenoxy) is 2. The van der Waals surface area contributed by atoms with Crippen LogP contribution in [0.15, 0.2) is 23.0 Å². The molecule has 0 bridgehead atoms. The fraction of sp³-hybridized carbons (Fsp3) is 0.286. The van der Waals surface area contributed by atoms with Crippen LogP contribution in [0.5, 0.6) is 11.5 Å². The van der Waals surface area contributed by atoms with Crippen molar-refractivity contribution < 1.29 is 9.47 Å². The lowest BCUT2D eigenvalue weighted by Gasteiger charge is -2.10. The lowest BCUT2D eigenvalue weighted by molar-refractivity contribution is 0.395. The molecule has 0 atom stereocenters. The number of aromatic amines is 1. The van der Waals surface area contributed by atoms with Gasteiger partial charge in [-0.05, 0) is 26.0 Å². The zero-order chi connectivity index (χ0) is 14.0. The molecule has 0 radical (unpaired) electrons. The van der Waals surface area contributed by atoms with E-state index >= 15 is 0 Å². The number of methoxy groups -OCH3 is 2. The molecule has 0 fully saturated rings. The molecule has 1 N–H and O–H groups in total. The third-order valence-electron chi connectivity index (χ3n) is 3.06. The van der Waals surface area contributed by atoms with Crippen molar-refractivity contribution >= 4 is 0 Å². The first kappa shape index (κ1) is 13.1. The van der Waals surface area contributed by atoms with E-state index in [0.717, 1.165) is 5.56 Å². The summed E-state index contributed by atoms with van der Waals surface area (Å²) in [5.41, 5.74) is 1.91. The highest BCUT2D eigenvalue weighted by atomic mass is 16.5. The summed E-state index contributed by atoms with van der Waals surface area (Å²) in [6.07, 6.45) is 0. The number of nitrogens with zero attached hydrogens (tertiary/aromatic N) is 1. The number of hydrogen-bond donors (Lipinski definition) is 1. The molecule has 2 aromatic rings. The summed E-state index contributed by atoms with van der Waals surface area (Å²) in [6.45, 7) is 3.56. The molecule has 0 amide bonds. The first-order chi connectivity index (χ1) is 9.06. The Morgan fingerprint density at radius 2 is 1.89 bits per heavy atom. The summed E-state index contributed by atoms with van der Waals surface area (Å²) in [5.74, 6) is 1.78. The number of aryl methyl sites for hydroxylation is 1. The monoisotopic (exact) mass is 260 g/mol. The van der Waals surface area contributed by atoms with Crippen molar-refractivity contribution in [3.63, 3.8) is 0 Å². The molecule has 0 aliphatic carbocycles. The number of aromatic nitrogens is 2. The molecular weight excluding hydrogens is 244 g/mol. The quantitative estimate of drug-likeness (QED) is 0.917. The van der Waals surface area contributed by atoms with Gasteiger partial charge in [0.05, 0.1) is 19.8 Å². The highest BCUT2D eigenvalue weighted by Crippen LogP contribution is 2.30. The molecule has 0 unspecified atom stereocenters. The maximum atomic E-state index is 11.8. The number of benzene rings is 1. The lowest BCUT2D eigenvalue weighted by Crippen LogP contribution is -2.14. The van der Waals surface area contributed by atoms with Crippen LogP contribution in [0.2, 0.25) is 0 Å². The Kier molecular flexibility index (Phi) is 3.55. The maximum Gasteiger partial charge on any atom is 0.254 e. The van der Waals surface area contributed by atoms with Gasteiger partial charge in [0.2, 0.25) is 0 Å². The fourth-order valence-corrected chi connectivity index (χ4v) is 1.77. The predicted molar refractivity (Wildman–Crippen MR) is 72.9 cm³/mol. The van der Waals surface area contributed by atoms with Crippen molar-refractivity contribution in [2.45, 2.75) is 13.8 Å². The Hall–Kier alpha value is -2.30. The van der Waals surface area contributed by atoms with E-state index in [0.29, 0.717) is 28.6 Å². The van der Waals surface area contributed by atoms with Gasteiger partial charge in [0, 0.05) is 17.3 Å². The van der Waals surface area contributed by atoms with Gasteiger partial charge in [0.1, 0.15) is 17.3 Å². The zero-order valence-electron chi connectivity index (χ0n) is 11.4. The summed E-state index contributed by atoms with van der Waals surface area (Å²) < 4.78 is 10.5. The van der Waals surface area contributed by atoms with E-state index < -0.39 is 0 Å². The molecule has 0 aliphatic heterocycles. The second-order valence-electron chi connectivity index (χ2n) is 4.19. The largest absolute Gasteiger partial charge is 0.497 e. The van der Waals surface area contributed by atoms with Gasteiger partial charge in [-0.2, -0.15) is 0 Å². The predicted octanol–water partition coefficient (Wildman–Crippen LogP) is 2.07. The molecule has 1 aromatic heterocycles. The lowest BCUT2D eigenvalue weighted by atomic mass is 10.1. The third-order valence-corrected chi connectivity index (χ3v) is 3.06. The van der Waals surface area contributed by atoms with Crippen LogP contribution in [0, 0.1) is 13.8 Å². The number of hydrogen-bond acceptors (Lipinski definition) is 4. The second kappa shape index (κ2) is 5.14. The van der Waals surface area contributed by atoms with Crippen molar-refractivity contribution in [2.24, 2.45) is 0 Å². The van der Waals surface area contributed by atoms with Gasteiger partial charge in [-0.3, -0.25) is 4.79 Å². The minimum Gasteiger partial charge on any atom is -0.497 e. The van der Waals surface area contributed by atoms with E-state index in [-0.39, 0.29) is 5.56 Å². The molecule has 19 heavy (non-hydrogen) atoms. The van der Waals surface area contributed by atoms with Gasteiger partial charge < -0.3 is 14.5 Å². The number of nitrogens with one attached hydrogen (secondary N) is 1. The summed E-state index contributed by atoms with van der Waals surface area (Å²) in [7, 11) is 3.15.